The normalized spacial score (nSPS) is 11.0. The molecule has 3 aromatic rings. The predicted molar refractivity (Wildman–Crippen MR) is 88.5 cm³/mol. The minimum absolute atomic E-state index is 0.0761. The fraction of sp³-hybridized carbons (Fsp3) is 0.222. The van der Waals surface area contributed by atoms with Gasteiger partial charge in [0.15, 0.2) is 0 Å². The van der Waals surface area contributed by atoms with Gasteiger partial charge in [-0.25, -0.2) is 0 Å². The van der Waals surface area contributed by atoms with Crippen molar-refractivity contribution in [3.8, 4) is 16.9 Å². The van der Waals surface area contributed by atoms with Crippen molar-refractivity contribution in [2.75, 3.05) is 0 Å². The maximum atomic E-state index is 10.8. The lowest BCUT2D eigenvalue weighted by atomic mass is 9.95. The zero-order chi connectivity index (χ0) is 16.6. The molecule has 0 amide bonds. The lowest BCUT2D eigenvalue weighted by Crippen LogP contribution is -1.99. The largest absolute Gasteiger partial charge is 0.507 e. The lowest BCUT2D eigenvalue weighted by molar-refractivity contribution is -0.136. The highest BCUT2D eigenvalue weighted by molar-refractivity contribution is 5.86. The second-order valence-corrected chi connectivity index (χ2v) is 5.73. The molecule has 3 rings (SSSR count). The van der Waals surface area contributed by atoms with Gasteiger partial charge in [-0.15, -0.1) is 0 Å². The molecule has 5 heteroatoms. The van der Waals surface area contributed by atoms with E-state index in [0.29, 0.717) is 12.0 Å². The molecule has 0 saturated heterocycles. The topological polar surface area (TPSA) is 75.4 Å². The Labute approximate surface area is 133 Å². The number of phenols is 1. The van der Waals surface area contributed by atoms with Crippen molar-refractivity contribution in [2.45, 2.75) is 19.8 Å². The molecule has 0 atom stereocenters. The summed E-state index contributed by atoms with van der Waals surface area (Å²) in [4.78, 5) is 10.8. The summed E-state index contributed by atoms with van der Waals surface area (Å²) in [6.07, 6.45) is 2.31. The summed E-state index contributed by atoms with van der Waals surface area (Å²) in [7, 11) is 1.88. The zero-order valence-corrected chi connectivity index (χ0v) is 13.1. The first-order valence-corrected chi connectivity index (χ1v) is 7.42. The fourth-order valence-corrected chi connectivity index (χ4v) is 2.81. The van der Waals surface area contributed by atoms with Crippen LogP contribution < -0.4 is 0 Å². The molecular formula is C18H18N2O3. The first kappa shape index (κ1) is 15.1. The molecule has 5 nitrogen and oxygen atoms in total. The maximum Gasteiger partial charge on any atom is 0.303 e. The molecule has 1 heterocycles. The minimum atomic E-state index is -0.823. The van der Waals surface area contributed by atoms with Gasteiger partial charge in [-0.3, -0.25) is 9.48 Å². The summed E-state index contributed by atoms with van der Waals surface area (Å²) in [5.41, 5.74) is 4.45. The summed E-state index contributed by atoms with van der Waals surface area (Å²) in [5.74, 6) is -0.624. The molecule has 118 valence electrons. The second-order valence-electron chi connectivity index (χ2n) is 5.73. The van der Waals surface area contributed by atoms with Crippen molar-refractivity contribution in [1.82, 2.24) is 9.78 Å². The summed E-state index contributed by atoms with van der Waals surface area (Å²) in [6, 6.07) is 9.46. The average Bonchev–Trinajstić information content (AvgIpc) is 2.87. The fourth-order valence-electron chi connectivity index (χ4n) is 2.81. The molecule has 0 saturated carbocycles. The molecule has 0 fully saturated rings. The van der Waals surface area contributed by atoms with Crippen molar-refractivity contribution in [3.63, 3.8) is 0 Å². The molecule has 0 aliphatic heterocycles. The van der Waals surface area contributed by atoms with Gasteiger partial charge in [-0.2, -0.15) is 5.10 Å². The van der Waals surface area contributed by atoms with Crippen LogP contribution in [0.5, 0.6) is 5.75 Å². The highest BCUT2D eigenvalue weighted by atomic mass is 16.4. The van der Waals surface area contributed by atoms with E-state index in [0.717, 1.165) is 27.6 Å². The molecule has 0 bridgehead atoms. The minimum Gasteiger partial charge on any atom is -0.507 e. The van der Waals surface area contributed by atoms with E-state index < -0.39 is 5.97 Å². The highest BCUT2D eigenvalue weighted by Crippen LogP contribution is 2.34. The van der Waals surface area contributed by atoms with E-state index in [1.807, 2.05) is 38.2 Å². The average molecular weight is 310 g/mol. The highest BCUT2D eigenvalue weighted by Gasteiger charge is 2.11. The van der Waals surface area contributed by atoms with Gasteiger partial charge in [-0.1, -0.05) is 6.07 Å². The van der Waals surface area contributed by atoms with Crippen molar-refractivity contribution >= 4 is 16.9 Å². The number of aromatic nitrogens is 2. The molecule has 0 unspecified atom stereocenters. The zero-order valence-electron chi connectivity index (χ0n) is 13.1. The smallest absolute Gasteiger partial charge is 0.303 e. The molecule has 23 heavy (non-hydrogen) atoms. The molecular weight excluding hydrogens is 292 g/mol. The standard InChI is InChI=1S/C18H18N2O3/c1-11-7-17(21)15(9-12(11)4-6-18(22)23)13-3-5-16-14(8-13)10-19-20(16)2/h3,5,7-10,21H,4,6H2,1-2H3,(H,22,23). The van der Waals surface area contributed by atoms with Crippen LogP contribution in [0.25, 0.3) is 22.0 Å². The Kier molecular flexibility index (Phi) is 3.78. The van der Waals surface area contributed by atoms with Crippen LogP contribution in [0.3, 0.4) is 0 Å². The summed E-state index contributed by atoms with van der Waals surface area (Å²) in [5, 5.41) is 24.4. The number of carboxylic acids is 1. The molecule has 1 aromatic heterocycles. The monoisotopic (exact) mass is 310 g/mol. The second kappa shape index (κ2) is 5.76. The van der Waals surface area contributed by atoms with Crippen LogP contribution in [0.2, 0.25) is 0 Å². The third-order valence-electron chi connectivity index (χ3n) is 4.12. The third kappa shape index (κ3) is 2.90. The molecule has 0 radical (unpaired) electrons. The number of aliphatic carboxylic acids is 1. The first-order chi connectivity index (χ1) is 11.0. The molecule has 0 aliphatic carbocycles. The van der Waals surface area contributed by atoms with Gasteiger partial charge in [0.05, 0.1) is 11.7 Å². The Morgan fingerprint density at radius 3 is 2.78 bits per heavy atom. The van der Waals surface area contributed by atoms with Crippen molar-refractivity contribution in [3.05, 3.63) is 47.7 Å². The first-order valence-electron chi connectivity index (χ1n) is 7.42. The van der Waals surface area contributed by atoms with Crippen LogP contribution in [-0.2, 0) is 18.3 Å². The number of carboxylic acid groups (broad SMARTS) is 1. The van der Waals surface area contributed by atoms with Gasteiger partial charge in [0.1, 0.15) is 5.75 Å². The molecule has 2 N–H and O–H groups in total. The van der Waals surface area contributed by atoms with Crippen LogP contribution in [-0.4, -0.2) is 26.0 Å². The number of hydrogen-bond donors (Lipinski definition) is 2. The van der Waals surface area contributed by atoms with Gasteiger partial charge >= 0.3 is 5.97 Å². The quantitative estimate of drug-likeness (QED) is 0.775. The number of nitrogens with zero attached hydrogens (tertiary/aromatic N) is 2. The number of phenolic OH excluding ortho intramolecular Hbond substituents is 1. The Hall–Kier alpha value is -2.82. The van der Waals surface area contributed by atoms with Gasteiger partial charge < -0.3 is 10.2 Å². The van der Waals surface area contributed by atoms with Crippen LogP contribution in [0, 0.1) is 6.92 Å². The van der Waals surface area contributed by atoms with Crippen LogP contribution in [0.1, 0.15) is 17.5 Å². The third-order valence-corrected chi connectivity index (χ3v) is 4.12. The Morgan fingerprint density at radius 1 is 1.26 bits per heavy atom. The van der Waals surface area contributed by atoms with Crippen LogP contribution in [0.15, 0.2) is 36.5 Å². The Morgan fingerprint density at radius 2 is 2.04 bits per heavy atom. The van der Waals surface area contributed by atoms with Crippen LogP contribution >= 0.6 is 0 Å². The summed E-state index contributed by atoms with van der Waals surface area (Å²) < 4.78 is 1.80. The van der Waals surface area contributed by atoms with E-state index in [9.17, 15) is 9.90 Å². The van der Waals surface area contributed by atoms with Crippen molar-refractivity contribution in [2.24, 2.45) is 7.05 Å². The van der Waals surface area contributed by atoms with E-state index in [-0.39, 0.29) is 12.2 Å². The van der Waals surface area contributed by atoms with E-state index in [1.54, 1.807) is 16.9 Å². The Bertz CT molecular complexity index is 897. The van der Waals surface area contributed by atoms with E-state index in [2.05, 4.69) is 5.10 Å². The van der Waals surface area contributed by atoms with Gasteiger partial charge in [0, 0.05) is 24.4 Å². The number of aryl methyl sites for hydroxylation is 3. The Balaban J connectivity index is 2.05. The number of fused-ring (bicyclic) bond motifs is 1. The van der Waals surface area contributed by atoms with Gasteiger partial charge in [0.2, 0.25) is 0 Å². The number of benzene rings is 2. The van der Waals surface area contributed by atoms with E-state index >= 15 is 0 Å². The lowest BCUT2D eigenvalue weighted by Gasteiger charge is -2.11. The number of hydrogen-bond acceptors (Lipinski definition) is 3. The number of aromatic hydroxyl groups is 1. The predicted octanol–water partition coefficient (Wildman–Crippen LogP) is 3.27. The maximum absolute atomic E-state index is 10.8. The van der Waals surface area contributed by atoms with Crippen molar-refractivity contribution in [1.29, 1.82) is 0 Å². The number of carbonyl (C=O) groups is 1. The van der Waals surface area contributed by atoms with Crippen molar-refractivity contribution < 1.29 is 15.0 Å². The van der Waals surface area contributed by atoms with Gasteiger partial charge in [0.25, 0.3) is 0 Å². The summed E-state index contributed by atoms with van der Waals surface area (Å²) >= 11 is 0. The SMILES string of the molecule is Cc1cc(O)c(-c2ccc3c(cnn3C)c2)cc1CCC(=O)O. The van der Waals surface area contributed by atoms with E-state index in [1.165, 1.54) is 0 Å². The molecule has 2 aromatic carbocycles. The van der Waals surface area contributed by atoms with Gasteiger partial charge in [-0.05, 0) is 54.3 Å². The number of rotatable bonds is 4. The van der Waals surface area contributed by atoms with E-state index in [4.69, 9.17) is 5.11 Å². The molecule has 0 aliphatic rings. The summed E-state index contributed by atoms with van der Waals surface area (Å²) in [6.45, 7) is 1.88. The van der Waals surface area contributed by atoms with Crippen LogP contribution in [0.4, 0.5) is 0 Å². The molecule has 0 spiro atoms.